The smallest absolute Gasteiger partial charge is 0.202 e. The highest BCUT2D eigenvalue weighted by atomic mass is 32.2. The van der Waals surface area contributed by atoms with E-state index in [0.29, 0.717) is 40.0 Å². The molecule has 0 aliphatic carbocycles. The molecular weight excluding hydrogens is 352 g/mol. The summed E-state index contributed by atoms with van der Waals surface area (Å²) in [5.41, 5.74) is 6.64. The number of aryl methyl sites for hydroxylation is 1. The summed E-state index contributed by atoms with van der Waals surface area (Å²) in [5.74, 6) is 1.22. The first-order valence-electron chi connectivity index (χ1n) is 8.96. The SMILES string of the molecule is CCCCCCC(O)=C1SC(CCO)=C(O)N1Cc1cnc(C)nc1N. The maximum absolute atomic E-state index is 10.6. The molecule has 7 nitrogen and oxygen atoms in total. The van der Waals surface area contributed by atoms with Gasteiger partial charge in [0, 0.05) is 31.2 Å². The molecule has 8 heteroatoms. The molecule has 0 atom stereocenters. The van der Waals surface area contributed by atoms with Crippen molar-refractivity contribution < 1.29 is 15.3 Å². The topological polar surface area (TPSA) is 116 Å². The lowest BCUT2D eigenvalue weighted by molar-refractivity contribution is 0.231. The second kappa shape index (κ2) is 9.68. The number of nitrogens with two attached hydrogens (primary N) is 1. The molecule has 2 heterocycles. The van der Waals surface area contributed by atoms with Gasteiger partial charge in [0.25, 0.3) is 0 Å². The van der Waals surface area contributed by atoms with Gasteiger partial charge in [-0.2, -0.15) is 0 Å². The fourth-order valence-corrected chi connectivity index (χ4v) is 3.83. The summed E-state index contributed by atoms with van der Waals surface area (Å²) in [6.45, 7) is 4.09. The highest BCUT2D eigenvalue weighted by Gasteiger charge is 2.31. The standard InChI is InChI=1S/C18H28N4O3S/c1-3-4-5-6-7-14(24)18-22(17(25)15(26-18)8-9-23)11-13-10-20-12(2)21-16(13)19/h10,23-25H,3-9,11H2,1-2H3,(H2,19,20,21). The third-order valence-corrected chi connectivity index (χ3v) is 5.45. The Labute approximate surface area is 158 Å². The summed E-state index contributed by atoms with van der Waals surface area (Å²) in [4.78, 5) is 10.6. The average Bonchev–Trinajstić information content (AvgIpc) is 2.91. The highest BCUT2D eigenvalue weighted by molar-refractivity contribution is 8.06. The summed E-state index contributed by atoms with van der Waals surface area (Å²) in [6.07, 6.45) is 6.74. The van der Waals surface area contributed by atoms with E-state index in [-0.39, 0.29) is 24.8 Å². The van der Waals surface area contributed by atoms with Crippen molar-refractivity contribution in [2.75, 3.05) is 12.3 Å². The normalized spacial score (nSPS) is 16.5. The van der Waals surface area contributed by atoms with Gasteiger partial charge < -0.3 is 21.1 Å². The lowest BCUT2D eigenvalue weighted by atomic mass is 10.1. The first-order valence-corrected chi connectivity index (χ1v) is 9.78. The van der Waals surface area contributed by atoms with Gasteiger partial charge in [-0.05, 0) is 13.3 Å². The predicted octanol–water partition coefficient (Wildman–Crippen LogP) is 3.72. The van der Waals surface area contributed by atoms with E-state index in [1.165, 1.54) is 11.8 Å². The van der Waals surface area contributed by atoms with Crippen molar-refractivity contribution in [3.8, 4) is 0 Å². The molecule has 0 aromatic carbocycles. The molecular formula is C18H28N4O3S. The number of thioether (sulfide) groups is 1. The Morgan fingerprint density at radius 1 is 1.31 bits per heavy atom. The van der Waals surface area contributed by atoms with E-state index in [2.05, 4.69) is 16.9 Å². The number of hydrogen-bond acceptors (Lipinski definition) is 8. The molecule has 0 saturated heterocycles. The monoisotopic (exact) mass is 380 g/mol. The number of nitrogen functional groups attached to an aromatic ring is 1. The number of unbranched alkanes of at least 4 members (excludes halogenated alkanes) is 3. The van der Waals surface area contributed by atoms with Crippen molar-refractivity contribution in [2.24, 2.45) is 0 Å². The number of rotatable bonds is 9. The Hall–Kier alpha value is -1.93. The zero-order chi connectivity index (χ0) is 19.1. The molecule has 0 bridgehead atoms. The van der Waals surface area contributed by atoms with Crippen molar-refractivity contribution >= 4 is 17.6 Å². The minimum Gasteiger partial charge on any atom is -0.510 e. The Kier molecular flexibility index (Phi) is 7.59. The van der Waals surface area contributed by atoms with E-state index in [9.17, 15) is 15.3 Å². The van der Waals surface area contributed by atoms with E-state index < -0.39 is 0 Å². The first-order chi connectivity index (χ1) is 12.5. The summed E-state index contributed by atoms with van der Waals surface area (Å²) in [6, 6.07) is 0. The van der Waals surface area contributed by atoms with Gasteiger partial charge in [0.2, 0.25) is 5.88 Å². The van der Waals surface area contributed by atoms with E-state index >= 15 is 0 Å². The van der Waals surface area contributed by atoms with Crippen molar-refractivity contribution in [3.63, 3.8) is 0 Å². The summed E-state index contributed by atoms with van der Waals surface area (Å²) >= 11 is 1.30. The lowest BCUT2D eigenvalue weighted by Crippen LogP contribution is -2.20. The molecule has 26 heavy (non-hydrogen) atoms. The van der Waals surface area contributed by atoms with Crippen LogP contribution in [0.15, 0.2) is 27.8 Å². The van der Waals surface area contributed by atoms with Gasteiger partial charge >= 0.3 is 0 Å². The van der Waals surface area contributed by atoms with Crippen molar-refractivity contribution in [1.29, 1.82) is 0 Å². The fraction of sp³-hybridized carbons (Fsp3) is 0.556. The second-order valence-electron chi connectivity index (χ2n) is 6.30. The lowest BCUT2D eigenvalue weighted by Gasteiger charge is -2.21. The van der Waals surface area contributed by atoms with E-state index in [1.54, 1.807) is 18.0 Å². The molecule has 0 amide bonds. The number of allylic oxidation sites excluding steroid dienone is 1. The zero-order valence-corrected chi connectivity index (χ0v) is 16.2. The molecule has 0 fully saturated rings. The van der Waals surface area contributed by atoms with E-state index in [1.807, 2.05) is 0 Å². The van der Waals surface area contributed by atoms with Gasteiger partial charge in [-0.15, -0.1) is 0 Å². The average molecular weight is 381 g/mol. The van der Waals surface area contributed by atoms with Crippen LogP contribution in [0.4, 0.5) is 5.82 Å². The summed E-state index contributed by atoms with van der Waals surface area (Å²) in [5, 5.41) is 30.9. The van der Waals surface area contributed by atoms with Crippen LogP contribution in [0, 0.1) is 6.92 Å². The van der Waals surface area contributed by atoms with Gasteiger partial charge in [0.1, 0.15) is 22.4 Å². The number of aromatic nitrogens is 2. The zero-order valence-electron chi connectivity index (χ0n) is 15.4. The Balaban J connectivity index is 2.23. The van der Waals surface area contributed by atoms with Crippen LogP contribution in [0.3, 0.4) is 0 Å². The predicted molar refractivity (Wildman–Crippen MR) is 104 cm³/mol. The number of hydrogen-bond donors (Lipinski definition) is 4. The van der Waals surface area contributed by atoms with Gasteiger partial charge in [0.05, 0.1) is 11.4 Å². The molecule has 0 saturated carbocycles. The summed E-state index contributed by atoms with van der Waals surface area (Å²) in [7, 11) is 0. The Morgan fingerprint density at radius 3 is 2.73 bits per heavy atom. The highest BCUT2D eigenvalue weighted by Crippen LogP contribution is 2.44. The Morgan fingerprint density at radius 2 is 2.08 bits per heavy atom. The van der Waals surface area contributed by atoms with Crippen molar-refractivity contribution in [1.82, 2.24) is 14.9 Å². The van der Waals surface area contributed by atoms with Crippen molar-refractivity contribution in [3.05, 3.63) is 39.2 Å². The number of nitrogens with zero attached hydrogens (tertiary/aromatic N) is 3. The molecule has 2 rings (SSSR count). The molecule has 0 spiro atoms. The van der Waals surface area contributed by atoms with Gasteiger partial charge in [-0.1, -0.05) is 37.9 Å². The van der Waals surface area contributed by atoms with Crippen LogP contribution in [0.25, 0.3) is 0 Å². The molecule has 1 aliphatic rings. The minimum atomic E-state index is -0.0689. The van der Waals surface area contributed by atoms with Gasteiger partial charge in [-0.3, -0.25) is 4.90 Å². The number of aliphatic hydroxyl groups is 3. The second-order valence-corrected chi connectivity index (χ2v) is 7.38. The van der Waals surface area contributed by atoms with Gasteiger partial charge in [-0.25, -0.2) is 9.97 Å². The van der Waals surface area contributed by atoms with E-state index in [4.69, 9.17) is 5.73 Å². The molecule has 5 N–H and O–H groups in total. The quantitative estimate of drug-likeness (QED) is 0.378. The maximum Gasteiger partial charge on any atom is 0.202 e. The molecule has 0 radical (unpaired) electrons. The fourth-order valence-electron chi connectivity index (χ4n) is 2.72. The van der Waals surface area contributed by atoms with Crippen LogP contribution < -0.4 is 5.73 Å². The third kappa shape index (κ3) is 5.04. The first kappa shape index (κ1) is 20.4. The van der Waals surface area contributed by atoms with Crippen LogP contribution in [-0.2, 0) is 6.54 Å². The summed E-state index contributed by atoms with van der Waals surface area (Å²) < 4.78 is 0. The minimum absolute atomic E-state index is 0.0409. The van der Waals surface area contributed by atoms with Gasteiger partial charge in [0.15, 0.2) is 0 Å². The Bertz CT molecular complexity index is 691. The van der Waals surface area contributed by atoms with E-state index in [0.717, 1.165) is 25.7 Å². The molecule has 1 aromatic rings. The number of aliphatic hydroxyl groups excluding tert-OH is 3. The molecule has 144 valence electrons. The third-order valence-electron chi connectivity index (χ3n) is 4.17. The van der Waals surface area contributed by atoms with Crippen LogP contribution >= 0.6 is 11.8 Å². The van der Waals surface area contributed by atoms with Crippen LogP contribution in [0.5, 0.6) is 0 Å². The maximum atomic E-state index is 10.6. The molecule has 1 aromatic heterocycles. The largest absolute Gasteiger partial charge is 0.510 e. The molecule has 0 unspecified atom stereocenters. The van der Waals surface area contributed by atoms with Crippen molar-refractivity contribution in [2.45, 2.75) is 58.9 Å². The number of anilines is 1. The molecule has 1 aliphatic heterocycles. The van der Waals surface area contributed by atoms with Crippen LogP contribution in [0.2, 0.25) is 0 Å². The van der Waals surface area contributed by atoms with Crippen LogP contribution in [-0.4, -0.2) is 36.8 Å². The van der Waals surface area contributed by atoms with Crippen LogP contribution in [0.1, 0.15) is 56.8 Å².